The molecule has 0 saturated heterocycles. The second kappa shape index (κ2) is 16.2. The van der Waals surface area contributed by atoms with Crippen LogP contribution in [-0.4, -0.2) is 19.9 Å². The fourth-order valence-electron chi connectivity index (χ4n) is 10.9. The van der Waals surface area contributed by atoms with E-state index >= 15 is 0 Å². The standard InChI is InChI=1S/C64H32N8.Pt/c65-33-35-17-21-37(22-18-35)55-57-47-25-39-9-1-2-10-40(39)26-48(47)58(67-57)56(38-23-19-36(34-66)20-24-38)60-50-28-42-12-4-6-14-44(42)30-52(50)62(69-60)71-64-54-32-46-16-8-7-15-45(46)31-53(54)63(72-64)70-61-51-29-43-13-5-3-11-41(43)27-49(51)59(55)68-61;/h1-32H;/q-2;+2. The van der Waals surface area contributed by atoms with Gasteiger partial charge < -0.3 is 19.9 Å². The van der Waals surface area contributed by atoms with Gasteiger partial charge in [-0.25, -0.2) is 4.98 Å². The predicted molar refractivity (Wildman–Crippen MR) is 289 cm³/mol. The number of fused-ring (bicyclic) bond motifs is 24. The summed E-state index contributed by atoms with van der Waals surface area (Å²) in [5.74, 6) is 0.996. The van der Waals surface area contributed by atoms with Crippen LogP contribution in [0, 0.1) is 22.7 Å². The Kier molecular flexibility index (Phi) is 9.41. The van der Waals surface area contributed by atoms with Crippen molar-refractivity contribution in [3.05, 3.63) is 205 Å². The molecule has 15 rings (SSSR count). The fourth-order valence-corrected chi connectivity index (χ4v) is 10.9. The molecule has 5 heterocycles. The number of benzene rings is 10. The van der Waals surface area contributed by atoms with Crippen LogP contribution in [0.2, 0.25) is 0 Å². The zero-order valence-electron chi connectivity index (χ0n) is 38.4. The Morgan fingerprint density at radius 1 is 0.329 bits per heavy atom. The van der Waals surface area contributed by atoms with E-state index < -0.39 is 0 Å². The van der Waals surface area contributed by atoms with Crippen LogP contribution in [0.4, 0.5) is 0 Å². The van der Waals surface area contributed by atoms with Gasteiger partial charge in [0.05, 0.1) is 46.3 Å². The van der Waals surface area contributed by atoms with Gasteiger partial charge in [-0.15, -0.1) is 0 Å². The first-order valence-corrected chi connectivity index (χ1v) is 23.7. The first-order chi connectivity index (χ1) is 35.5. The van der Waals surface area contributed by atoms with E-state index in [-0.39, 0.29) is 21.1 Å². The Hall–Kier alpha value is -9.59. The van der Waals surface area contributed by atoms with Gasteiger partial charge in [-0.05, 0) is 171 Å². The summed E-state index contributed by atoms with van der Waals surface area (Å²) in [6, 6.07) is 70.9. The number of aromatic nitrogens is 6. The maximum absolute atomic E-state index is 10.1. The first kappa shape index (κ1) is 42.3. The molecule has 0 N–H and O–H groups in total. The number of hydrogen-bond acceptors (Lipinski definition) is 6. The van der Waals surface area contributed by atoms with Gasteiger partial charge in [0.2, 0.25) is 0 Å². The molecule has 0 spiro atoms. The van der Waals surface area contributed by atoms with E-state index in [9.17, 15) is 10.5 Å². The minimum absolute atomic E-state index is 0. The third-order valence-electron chi connectivity index (χ3n) is 14.4. The van der Waals surface area contributed by atoms with Crippen molar-refractivity contribution < 1.29 is 21.1 Å². The molecule has 0 amide bonds. The van der Waals surface area contributed by atoms with Crippen LogP contribution in [-0.2, 0) is 21.1 Å². The van der Waals surface area contributed by atoms with Gasteiger partial charge in [0.1, 0.15) is 0 Å². The number of nitriles is 2. The Bertz CT molecular complexity index is 4520. The van der Waals surface area contributed by atoms with E-state index in [2.05, 4.69) is 133 Å². The molecule has 0 saturated carbocycles. The van der Waals surface area contributed by atoms with Crippen molar-refractivity contribution in [1.29, 1.82) is 10.5 Å². The molecule has 13 aromatic rings. The average Bonchev–Trinajstić information content (AvgIpc) is 4.17. The monoisotopic (exact) mass is 1110 g/mol. The number of nitrogens with zero attached hydrogens (tertiary/aromatic N) is 8. The van der Waals surface area contributed by atoms with E-state index in [0.717, 1.165) is 109 Å². The van der Waals surface area contributed by atoms with E-state index in [1.54, 1.807) is 0 Å². The molecule has 10 aromatic carbocycles. The maximum Gasteiger partial charge on any atom is 2.00 e. The summed E-state index contributed by atoms with van der Waals surface area (Å²) < 4.78 is 0. The maximum atomic E-state index is 10.1. The molecular formula is C64H32N8Pt. The first-order valence-electron chi connectivity index (χ1n) is 23.7. The van der Waals surface area contributed by atoms with E-state index in [1.807, 2.05) is 72.8 Å². The van der Waals surface area contributed by atoms with Gasteiger partial charge in [0, 0.05) is 33.4 Å². The predicted octanol–water partition coefficient (Wildman–Crippen LogP) is 15.0. The van der Waals surface area contributed by atoms with Crippen molar-refractivity contribution in [2.45, 2.75) is 0 Å². The molecule has 0 radical (unpaired) electrons. The Balaban J connectivity index is 0.00000493. The molecule has 0 atom stereocenters. The van der Waals surface area contributed by atoms with Crippen molar-refractivity contribution >= 4 is 87.0 Å². The minimum atomic E-state index is 0. The second-order valence-electron chi connectivity index (χ2n) is 18.5. The van der Waals surface area contributed by atoms with Crippen molar-refractivity contribution in [3.8, 4) is 79.7 Å². The van der Waals surface area contributed by atoms with Crippen molar-refractivity contribution in [3.63, 3.8) is 0 Å². The Morgan fingerprint density at radius 2 is 0.644 bits per heavy atom. The Morgan fingerprint density at radius 3 is 0.986 bits per heavy atom. The van der Waals surface area contributed by atoms with Crippen molar-refractivity contribution in [2.75, 3.05) is 0 Å². The van der Waals surface area contributed by atoms with Gasteiger partial charge >= 0.3 is 21.1 Å². The smallest absolute Gasteiger partial charge is 0.435 e. The third kappa shape index (κ3) is 6.55. The molecule has 73 heavy (non-hydrogen) atoms. The summed E-state index contributed by atoms with van der Waals surface area (Å²) in [5, 5.41) is 32.1. The van der Waals surface area contributed by atoms with Crippen molar-refractivity contribution in [2.24, 2.45) is 0 Å². The van der Waals surface area contributed by atoms with Gasteiger partial charge in [-0.1, -0.05) is 121 Å². The van der Waals surface area contributed by atoms with Crippen LogP contribution in [0.15, 0.2) is 194 Å². The normalized spacial score (nSPS) is 11.7. The van der Waals surface area contributed by atoms with E-state index in [1.165, 1.54) is 0 Å². The topological polar surface area (TPSA) is 127 Å². The van der Waals surface area contributed by atoms with Gasteiger partial charge in [0.15, 0.2) is 0 Å². The summed E-state index contributed by atoms with van der Waals surface area (Å²) in [6.45, 7) is 0. The fraction of sp³-hybridized carbons (Fsp3) is 0. The van der Waals surface area contributed by atoms with Crippen LogP contribution in [0.3, 0.4) is 0 Å². The number of rotatable bonds is 2. The summed E-state index contributed by atoms with van der Waals surface area (Å²) in [4.78, 5) is 33.3. The molecule has 2 aliphatic rings. The Labute approximate surface area is 430 Å². The number of hydrogen-bond donors (Lipinski definition) is 0. The zero-order valence-corrected chi connectivity index (χ0v) is 40.6. The van der Waals surface area contributed by atoms with Crippen LogP contribution < -0.4 is 9.97 Å². The van der Waals surface area contributed by atoms with Crippen LogP contribution in [0.25, 0.3) is 155 Å². The molecule has 3 aromatic heterocycles. The SMILES string of the molecule is N#Cc1ccc(-c2c3nc(c(-c4ccc(C#N)cc4)c4[n-]c(nc5nc(nc6[n-]c2c2cc7ccccc7cc62)-c2cc6ccccc6cc2-5)c2cc5ccccc5cc42)-c2cc4ccccc4cc2-3)cc1.[Pt+2]. The molecule has 8 nitrogen and oxygen atoms in total. The van der Waals surface area contributed by atoms with E-state index in [4.69, 9.17) is 29.9 Å². The summed E-state index contributed by atoms with van der Waals surface area (Å²) in [5.41, 5.74) is 11.7. The molecule has 0 unspecified atom stereocenters. The second-order valence-corrected chi connectivity index (χ2v) is 18.5. The van der Waals surface area contributed by atoms with Crippen LogP contribution >= 0.6 is 0 Å². The summed E-state index contributed by atoms with van der Waals surface area (Å²) in [6.07, 6.45) is 0. The quantitative estimate of drug-likeness (QED) is 0.167. The molecule has 0 aliphatic carbocycles. The molecule has 9 heteroatoms. The van der Waals surface area contributed by atoms with Crippen LogP contribution in [0.1, 0.15) is 11.1 Å². The van der Waals surface area contributed by atoms with Gasteiger partial charge in [0.25, 0.3) is 0 Å². The van der Waals surface area contributed by atoms with Gasteiger partial charge in [-0.2, -0.15) is 10.5 Å². The molecule has 2 aliphatic heterocycles. The van der Waals surface area contributed by atoms with Gasteiger partial charge in [-0.3, -0.25) is 4.98 Å². The summed E-state index contributed by atoms with van der Waals surface area (Å²) in [7, 11) is 0. The average molecular weight is 1110 g/mol. The minimum Gasteiger partial charge on any atom is -0.435 e. The third-order valence-corrected chi connectivity index (χ3v) is 14.4. The van der Waals surface area contributed by atoms with Crippen LogP contribution in [0.5, 0.6) is 0 Å². The largest absolute Gasteiger partial charge is 2.00 e. The zero-order chi connectivity index (χ0) is 47.6. The summed E-state index contributed by atoms with van der Waals surface area (Å²) >= 11 is 0. The van der Waals surface area contributed by atoms with E-state index in [0.29, 0.717) is 56.5 Å². The molecular weight excluding hydrogens is 1080 g/mol. The molecule has 8 bridgehead atoms. The van der Waals surface area contributed by atoms with Crippen molar-refractivity contribution in [1.82, 2.24) is 29.9 Å². The molecule has 0 fully saturated rings. The molecule has 338 valence electrons.